The molecule has 0 bridgehead atoms. The molecule has 0 saturated carbocycles. The van der Waals surface area contributed by atoms with Crippen LogP contribution in [0.15, 0.2) is 18.2 Å². The Balaban J connectivity index is 1.77. The van der Waals surface area contributed by atoms with E-state index in [1.54, 1.807) is 18.2 Å². The van der Waals surface area contributed by atoms with Crippen molar-refractivity contribution in [3.63, 3.8) is 0 Å². The molecule has 0 radical (unpaired) electrons. The van der Waals surface area contributed by atoms with Crippen LogP contribution in [-0.2, 0) is 9.59 Å². The molecule has 1 heterocycles. The number of anilines is 2. The van der Waals surface area contributed by atoms with Gasteiger partial charge in [0.2, 0.25) is 11.8 Å². The molecule has 1 unspecified atom stereocenters. The van der Waals surface area contributed by atoms with Crippen LogP contribution in [0.2, 0.25) is 5.02 Å². The van der Waals surface area contributed by atoms with E-state index in [2.05, 4.69) is 12.2 Å². The van der Waals surface area contributed by atoms with Gasteiger partial charge in [0.25, 0.3) is 0 Å². The van der Waals surface area contributed by atoms with Crippen molar-refractivity contribution in [1.82, 2.24) is 4.90 Å². The van der Waals surface area contributed by atoms with Crippen LogP contribution in [0.3, 0.4) is 0 Å². The Morgan fingerprint density at radius 3 is 2.95 bits per heavy atom. The summed E-state index contributed by atoms with van der Waals surface area (Å²) in [6.07, 6.45) is 1.61. The highest BCUT2D eigenvalue weighted by molar-refractivity contribution is 6.31. The number of likely N-dealkylation sites (tertiary alicyclic amines) is 1. The van der Waals surface area contributed by atoms with Crippen molar-refractivity contribution < 1.29 is 9.59 Å². The maximum absolute atomic E-state index is 11.9. The monoisotopic (exact) mass is 309 g/mol. The normalized spacial score (nSPS) is 18.1. The number of hydrogen-bond donors (Lipinski definition) is 2. The van der Waals surface area contributed by atoms with E-state index in [1.807, 2.05) is 4.90 Å². The van der Waals surface area contributed by atoms with Gasteiger partial charge in [0.1, 0.15) is 0 Å². The fraction of sp³-hybridized carbons (Fsp3) is 0.467. The lowest BCUT2D eigenvalue weighted by Gasteiger charge is -2.15. The molecule has 1 aromatic carbocycles. The largest absolute Gasteiger partial charge is 0.397 e. The van der Waals surface area contributed by atoms with Gasteiger partial charge in [-0.3, -0.25) is 9.59 Å². The van der Waals surface area contributed by atoms with Crippen LogP contribution in [0.1, 0.15) is 26.2 Å². The second kappa shape index (κ2) is 6.80. The number of hydrogen-bond acceptors (Lipinski definition) is 3. The molecular formula is C15H20ClN3O2. The quantitative estimate of drug-likeness (QED) is 0.821. The molecule has 6 heteroatoms. The molecule has 2 amide bonds. The van der Waals surface area contributed by atoms with Gasteiger partial charge in [-0.25, -0.2) is 0 Å². The standard InChI is InChI=1S/C15H20ClN3O2/c1-10-7-15(21)19(9-10)6-2-3-14(20)18-13-8-11(16)4-5-12(13)17/h4-5,8,10H,2-3,6-7,9,17H2,1H3,(H,18,20). The Hall–Kier alpha value is -1.75. The number of nitrogens with two attached hydrogens (primary N) is 1. The number of carbonyl (C=O) groups is 2. The van der Waals surface area contributed by atoms with E-state index >= 15 is 0 Å². The van der Waals surface area contributed by atoms with Crippen LogP contribution in [0.4, 0.5) is 11.4 Å². The summed E-state index contributed by atoms with van der Waals surface area (Å²) in [7, 11) is 0. The first-order valence-corrected chi connectivity index (χ1v) is 7.46. The van der Waals surface area contributed by atoms with E-state index in [9.17, 15) is 9.59 Å². The summed E-state index contributed by atoms with van der Waals surface area (Å²) < 4.78 is 0. The van der Waals surface area contributed by atoms with Crippen LogP contribution in [0.5, 0.6) is 0 Å². The zero-order valence-corrected chi connectivity index (χ0v) is 12.8. The van der Waals surface area contributed by atoms with Gasteiger partial charge >= 0.3 is 0 Å². The minimum atomic E-state index is -0.122. The summed E-state index contributed by atoms with van der Waals surface area (Å²) in [5.74, 6) is 0.475. The van der Waals surface area contributed by atoms with Crippen molar-refractivity contribution in [2.45, 2.75) is 26.2 Å². The lowest BCUT2D eigenvalue weighted by Crippen LogP contribution is -2.27. The second-order valence-corrected chi connectivity index (χ2v) is 5.97. The summed E-state index contributed by atoms with van der Waals surface area (Å²) in [6, 6.07) is 4.95. The number of amides is 2. The number of rotatable bonds is 5. The van der Waals surface area contributed by atoms with E-state index in [1.165, 1.54) is 0 Å². The lowest BCUT2D eigenvalue weighted by molar-refractivity contribution is -0.128. The van der Waals surface area contributed by atoms with Crippen molar-refractivity contribution in [2.75, 3.05) is 24.1 Å². The molecular weight excluding hydrogens is 290 g/mol. The van der Waals surface area contributed by atoms with Crippen molar-refractivity contribution in [3.8, 4) is 0 Å². The molecule has 0 aromatic heterocycles. The van der Waals surface area contributed by atoms with Gasteiger partial charge in [-0.1, -0.05) is 18.5 Å². The zero-order chi connectivity index (χ0) is 15.4. The number of benzene rings is 1. The van der Waals surface area contributed by atoms with E-state index in [-0.39, 0.29) is 11.8 Å². The average Bonchev–Trinajstić information content (AvgIpc) is 2.72. The van der Waals surface area contributed by atoms with Gasteiger partial charge in [-0.2, -0.15) is 0 Å². The average molecular weight is 310 g/mol. The van der Waals surface area contributed by atoms with Crippen LogP contribution >= 0.6 is 11.6 Å². The van der Waals surface area contributed by atoms with Gasteiger partial charge < -0.3 is 16.0 Å². The third kappa shape index (κ3) is 4.36. The molecule has 114 valence electrons. The summed E-state index contributed by atoms with van der Waals surface area (Å²) in [4.78, 5) is 25.3. The van der Waals surface area contributed by atoms with Crippen molar-refractivity contribution in [1.29, 1.82) is 0 Å². The highest BCUT2D eigenvalue weighted by Crippen LogP contribution is 2.23. The van der Waals surface area contributed by atoms with E-state index in [0.717, 1.165) is 6.54 Å². The molecule has 1 fully saturated rings. The molecule has 21 heavy (non-hydrogen) atoms. The maximum atomic E-state index is 11.9. The van der Waals surface area contributed by atoms with Gasteiger partial charge in [-0.05, 0) is 30.5 Å². The molecule has 1 aliphatic rings. The fourth-order valence-electron chi connectivity index (χ4n) is 2.47. The molecule has 1 aliphatic heterocycles. The van der Waals surface area contributed by atoms with Gasteiger partial charge in [0.05, 0.1) is 11.4 Å². The number of halogens is 1. The fourth-order valence-corrected chi connectivity index (χ4v) is 2.64. The highest BCUT2D eigenvalue weighted by atomic mass is 35.5. The molecule has 1 aromatic rings. The number of nitrogens with zero attached hydrogens (tertiary/aromatic N) is 1. The number of nitrogens with one attached hydrogen (secondary N) is 1. The SMILES string of the molecule is CC1CC(=O)N(CCCC(=O)Nc2cc(Cl)ccc2N)C1. The molecule has 1 atom stereocenters. The molecule has 2 rings (SSSR count). The summed E-state index contributed by atoms with van der Waals surface area (Å²) in [5.41, 5.74) is 6.78. The van der Waals surface area contributed by atoms with Gasteiger partial charge in [0.15, 0.2) is 0 Å². The summed E-state index contributed by atoms with van der Waals surface area (Å²) in [5, 5.41) is 3.27. The van der Waals surface area contributed by atoms with Gasteiger partial charge in [-0.15, -0.1) is 0 Å². The van der Waals surface area contributed by atoms with Gasteiger partial charge in [0, 0.05) is 31.0 Å². The predicted octanol–water partition coefficient (Wildman–Crippen LogP) is 2.51. The smallest absolute Gasteiger partial charge is 0.224 e. The molecule has 3 N–H and O–H groups in total. The second-order valence-electron chi connectivity index (χ2n) is 5.53. The third-order valence-corrected chi connectivity index (χ3v) is 3.76. The topological polar surface area (TPSA) is 75.4 Å². The summed E-state index contributed by atoms with van der Waals surface area (Å²) in [6.45, 7) is 3.48. The van der Waals surface area contributed by atoms with Crippen LogP contribution in [-0.4, -0.2) is 29.8 Å². The van der Waals surface area contributed by atoms with E-state index in [4.69, 9.17) is 17.3 Å². The molecule has 5 nitrogen and oxygen atoms in total. The van der Waals surface area contributed by atoms with E-state index < -0.39 is 0 Å². The Kier molecular flexibility index (Phi) is 5.07. The Bertz CT molecular complexity index is 548. The number of carbonyl (C=O) groups excluding carboxylic acids is 2. The molecule has 1 saturated heterocycles. The third-order valence-electron chi connectivity index (χ3n) is 3.53. The highest BCUT2D eigenvalue weighted by Gasteiger charge is 2.25. The predicted molar refractivity (Wildman–Crippen MR) is 84.1 cm³/mol. The minimum Gasteiger partial charge on any atom is -0.397 e. The maximum Gasteiger partial charge on any atom is 0.224 e. The van der Waals surface area contributed by atoms with Crippen LogP contribution in [0.25, 0.3) is 0 Å². The summed E-state index contributed by atoms with van der Waals surface area (Å²) >= 11 is 5.87. The number of nitrogen functional groups attached to an aromatic ring is 1. The molecule has 0 aliphatic carbocycles. The van der Waals surface area contributed by atoms with Crippen molar-refractivity contribution >= 4 is 34.8 Å². The lowest BCUT2D eigenvalue weighted by atomic mass is 10.2. The Morgan fingerprint density at radius 1 is 1.52 bits per heavy atom. The van der Waals surface area contributed by atoms with Crippen molar-refractivity contribution in [2.24, 2.45) is 5.92 Å². The minimum absolute atomic E-state index is 0.122. The van der Waals surface area contributed by atoms with Crippen molar-refractivity contribution in [3.05, 3.63) is 23.2 Å². The first-order chi connectivity index (χ1) is 9.95. The first kappa shape index (κ1) is 15.6. The van der Waals surface area contributed by atoms with E-state index in [0.29, 0.717) is 48.1 Å². The first-order valence-electron chi connectivity index (χ1n) is 7.08. The zero-order valence-electron chi connectivity index (χ0n) is 12.1. The Labute approximate surface area is 129 Å². The Morgan fingerprint density at radius 2 is 2.29 bits per heavy atom. The molecule has 0 spiro atoms. The van der Waals surface area contributed by atoms with Crippen LogP contribution < -0.4 is 11.1 Å². The van der Waals surface area contributed by atoms with Crippen LogP contribution in [0, 0.1) is 5.92 Å².